The summed E-state index contributed by atoms with van der Waals surface area (Å²) in [5.74, 6) is 1.63. The van der Waals surface area contributed by atoms with Gasteiger partial charge in [0.15, 0.2) is 18.1 Å². The average molecular weight is 336 g/mol. The lowest BCUT2D eigenvalue weighted by Gasteiger charge is -2.19. The lowest BCUT2D eigenvalue weighted by molar-refractivity contribution is -0.118. The minimum Gasteiger partial charge on any atom is -0.486 e. The van der Waals surface area contributed by atoms with E-state index in [1.807, 2.05) is 24.3 Å². The van der Waals surface area contributed by atoms with Crippen molar-refractivity contribution in [1.82, 2.24) is 4.98 Å². The maximum absolute atomic E-state index is 12.2. The van der Waals surface area contributed by atoms with Crippen LogP contribution >= 0.6 is 0 Å². The molecule has 1 aliphatic rings. The maximum Gasteiger partial charge on any atom is 0.262 e. The number of fused-ring (bicyclic) bond motifs is 2. The number of rotatable bonds is 4. The van der Waals surface area contributed by atoms with Gasteiger partial charge in [-0.3, -0.25) is 9.78 Å². The van der Waals surface area contributed by atoms with Crippen LogP contribution in [0.4, 0.5) is 5.69 Å². The van der Waals surface area contributed by atoms with Crippen molar-refractivity contribution in [2.75, 3.05) is 25.1 Å². The number of aromatic nitrogens is 1. The van der Waals surface area contributed by atoms with Crippen molar-refractivity contribution in [2.24, 2.45) is 0 Å². The molecule has 1 aromatic heterocycles. The van der Waals surface area contributed by atoms with Gasteiger partial charge in [0, 0.05) is 23.3 Å². The maximum atomic E-state index is 12.2. The van der Waals surface area contributed by atoms with Gasteiger partial charge in [0.05, 0.1) is 0 Å². The van der Waals surface area contributed by atoms with Crippen LogP contribution in [0, 0.1) is 0 Å². The normalized spacial score (nSPS) is 12.6. The molecule has 0 atom stereocenters. The zero-order valence-corrected chi connectivity index (χ0v) is 13.4. The number of hydrogen-bond donors (Lipinski definition) is 1. The van der Waals surface area contributed by atoms with Gasteiger partial charge >= 0.3 is 0 Å². The van der Waals surface area contributed by atoms with Crippen molar-refractivity contribution >= 4 is 22.5 Å². The van der Waals surface area contributed by atoms with Crippen molar-refractivity contribution in [3.8, 4) is 17.2 Å². The summed E-state index contributed by atoms with van der Waals surface area (Å²) in [5, 5.41) is 3.76. The third-order valence-electron chi connectivity index (χ3n) is 3.78. The predicted octanol–water partition coefficient (Wildman–Crippen LogP) is 3.02. The molecular formula is C19H16N2O4. The molecule has 6 heteroatoms. The molecular weight excluding hydrogens is 320 g/mol. The molecule has 3 aromatic rings. The number of amides is 1. The highest BCUT2D eigenvalue weighted by molar-refractivity contribution is 5.92. The highest BCUT2D eigenvalue weighted by Crippen LogP contribution is 2.32. The third-order valence-corrected chi connectivity index (χ3v) is 3.78. The van der Waals surface area contributed by atoms with Gasteiger partial charge in [-0.05, 0) is 24.3 Å². The van der Waals surface area contributed by atoms with E-state index in [2.05, 4.69) is 10.3 Å². The first-order valence-corrected chi connectivity index (χ1v) is 7.96. The van der Waals surface area contributed by atoms with Gasteiger partial charge in [-0.2, -0.15) is 0 Å². The molecule has 6 nitrogen and oxygen atoms in total. The van der Waals surface area contributed by atoms with Crippen LogP contribution in [0.15, 0.2) is 54.7 Å². The monoisotopic (exact) mass is 336 g/mol. The molecule has 2 heterocycles. The van der Waals surface area contributed by atoms with E-state index in [9.17, 15) is 4.79 Å². The molecule has 0 saturated heterocycles. The van der Waals surface area contributed by atoms with Gasteiger partial charge in [0.25, 0.3) is 5.91 Å². The number of benzene rings is 2. The van der Waals surface area contributed by atoms with E-state index in [1.165, 1.54) is 0 Å². The Morgan fingerprint density at radius 2 is 1.92 bits per heavy atom. The van der Waals surface area contributed by atoms with Crippen LogP contribution in [0.5, 0.6) is 17.2 Å². The highest BCUT2D eigenvalue weighted by Gasteiger charge is 2.13. The predicted molar refractivity (Wildman–Crippen MR) is 93.3 cm³/mol. The second-order valence-corrected chi connectivity index (χ2v) is 5.53. The van der Waals surface area contributed by atoms with Crippen LogP contribution in [0.3, 0.4) is 0 Å². The molecule has 0 radical (unpaired) electrons. The van der Waals surface area contributed by atoms with Crippen molar-refractivity contribution in [3.63, 3.8) is 0 Å². The molecule has 0 spiro atoms. The quantitative estimate of drug-likeness (QED) is 0.793. The summed E-state index contributed by atoms with van der Waals surface area (Å²) in [6.07, 6.45) is 1.70. The number of carbonyl (C=O) groups excluding carboxylic acids is 1. The van der Waals surface area contributed by atoms with E-state index in [0.29, 0.717) is 36.1 Å². The number of nitrogens with one attached hydrogen (secondary N) is 1. The topological polar surface area (TPSA) is 69.7 Å². The molecule has 1 amide bonds. The van der Waals surface area contributed by atoms with Crippen LogP contribution < -0.4 is 19.5 Å². The molecule has 0 fully saturated rings. The van der Waals surface area contributed by atoms with Crippen LogP contribution in [0.1, 0.15) is 0 Å². The molecule has 126 valence electrons. The summed E-state index contributed by atoms with van der Waals surface area (Å²) in [7, 11) is 0. The summed E-state index contributed by atoms with van der Waals surface area (Å²) in [4.78, 5) is 16.5. The summed E-state index contributed by atoms with van der Waals surface area (Å²) in [6.45, 7) is 0.928. The van der Waals surface area contributed by atoms with Crippen LogP contribution in [-0.2, 0) is 4.79 Å². The first-order valence-electron chi connectivity index (χ1n) is 7.96. The SMILES string of the molecule is O=C(COc1cccc2cccnc12)Nc1ccc2c(c1)OCCO2. The fraction of sp³-hybridized carbons (Fsp3) is 0.158. The molecule has 0 unspecified atom stereocenters. The Hall–Kier alpha value is -3.28. The van der Waals surface area contributed by atoms with E-state index < -0.39 is 0 Å². The van der Waals surface area contributed by atoms with Gasteiger partial charge in [-0.15, -0.1) is 0 Å². The molecule has 0 saturated carbocycles. The summed E-state index contributed by atoms with van der Waals surface area (Å²) in [5.41, 5.74) is 1.37. The molecule has 0 aliphatic carbocycles. The summed E-state index contributed by atoms with van der Waals surface area (Å²) >= 11 is 0. The van der Waals surface area contributed by atoms with E-state index in [-0.39, 0.29) is 12.5 Å². The zero-order valence-electron chi connectivity index (χ0n) is 13.4. The van der Waals surface area contributed by atoms with Crippen LogP contribution in [0.25, 0.3) is 10.9 Å². The van der Waals surface area contributed by atoms with Gasteiger partial charge < -0.3 is 19.5 Å². The molecule has 4 rings (SSSR count). The number of carbonyl (C=O) groups is 1. The molecule has 1 N–H and O–H groups in total. The van der Waals surface area contributed by atoms with E-state index in [4.69, 9.17) is 14.2 Å². The molecule has 2 aromatic carbocycles. The van der Waals surface area contributed by atoms with Gasteiger partial charge in [0.1, 0.15) is 24.5 Å². The second-order valence-electron chi connectivity index (χ2n) is 5.53. The van der Waals surface area contributed by atoms with E-state index in [0.717, 1.165) is 10.9 Å². The Morgan fingerprint density at radius 3 is 2.84 bits per heavy atom. The van der Waals surface area contributed by atoms with E-state index >= 15 is 0 Å². The highest BCUT2D eigenvalue weighted by atomic mass is 16.6. The number of para-hydroxylation sites is 1. The second kappa shape index (κ2) is 6.68. The van der Waals surface area contributed by atoms with Gasteiger partial charge in [-0.25, -0.2) is 0 Å². The van der Waals surface area contributed by atoms with Crippen LogP contribution in [-0.4, -0.2) is 30.7 Å². The third kappa shape index (κ3) is 3.33. The number of anilines is 1. The summed E-state index contributed by atoms with van der Waals surface area (Å²) in [6, 6.07) is 14.7. The van der Waals surface area contributed by atoms with Crippen LogP contribution in [0.2, 0.25) is 0 Å². The average Bonchev–Trinajstić information content (AvgIpc) is 2.66. The van der Waals surface area contributed by atoms with Crippen molar-refractivity contribution in [2.45, 2.75) is 0 Å². The zero-order chi connectivity index (χ0) is 17.1. The van der Waals surface area contributed by atoms with E-state index in [1.54, 1.807) is 30.5 Å². The first kappa shape index (κ1) is 15.3. The van der Waals surface area contributed by atoms with Crippen molar-refractivity contribution in [1.29, 1.82) is 0 Å². The van der Waals surface area contributed by atoms with Gasteiger partial charge in [-0.1, -0.05) is 18.2 Å². The Labute approximate surface area is 144 Å². The smallest absolute Gasteiger partial charge is 0.262 e. The first-order chi connectivity index (χ1) is 12.3. The Bertz CT molecular complexity index is 921. The number of pyridine rings is 1. The van der Waals surface area contributed by atoms with Crippen molar-refractivity contribution < 1.29 is 19.0 Å². The number of ether oxygens (including phenoxy) is 3. The largest absolute Gasteiger partial charge is 0.486 e. The van der Waals surface area contributed by atoms with Gasteiger partial charge in [0.2, 0.25) is 0 Å². The Morgan fingerprint density at radius 1 is 1.08 bits per heavy atom. The standard InChI is InChI=1S/C19H16N2O4/c22-18(21-14-6-7-15-17(11-14)24-10-9-23-15)12-25-16-5-1-3-13-4-2-8-20-19(13)16/h1-8,11H,9-10,12H2,(H,21,22). The summed E-state index contributed by atoms with van der Waals surface area (Å²) < 4.78 is 16.6. The Kier molecular flexibility index (Phi) is 4.08. The lowest BCUT2D eigenvalue weighted by atomic mass is 10.2. The van der Waals surface area contributed by atoms with Crippen molar-refractivity contribution in [3.05, 3.63) is 54.7 Å². The minimum absolute atomic E-state index is 0.107. The molecule has 25 heavy (non-hydrogen) atoms. The minimum atomic E-state index is -0.260. The molecule has 1 aliphatic heterocycles. The number of nitrogens with zero attached hydrogens (tertiary/aromatic N) is 1. The Balaban J connectivity index is 1.42. The lowest BCUT2D eigenvalue weighted by Crippen LogP contribution is -2.21. The fourth-order valence-corrected chi connectivity index (χ4v) is 2.65. The molecule has 0 bridgehead atoms. The number of hydrogen-bond acceptors (Lipinski definition) is 5. The fourth-order valence-electron chi connectivity index (χ4n) is 2.65.